The number of ether oxygens (including phenoxy) is 1. The van der Waals surface area contributed by atoms with E-state index in [2.05, 4.69) is 20.5 Å². The van der Waals surface area contributed by atoms with Gasteiger partial charge in [0.25, 0.3) is 0 Å². The number of aromatic nitrogens is 3. The fourth-order valence-corrected chi connectivity index (χ4v) is 2.53. The molecule has 120 valence electrons. The van der Waals surface area contributed by atoms with Gasteiger partial charge in [-0.25, -0.2) is 9.37 Å². The lowest BCUT2D eigenvalue weighted by Crippen LogP contribution is -2.36. The second-order valence-corrected chi connectivity index (χ2v) is 5.25. The van der Waals surface area contributed by atoms with Crippen LogP contribution in [-0.4, -0.2) is 33.7 Å². The second-order valence-electron chi connectivity index (χ2n) is 5.25. The molecule has 1 aromatic carbocycles. The van der Waals surface area contributed by atoms with Gasteiger partial charge in [-0.2, -0.15) is 5.10 Å². The van der Waals surface area contributed by atoms with Crippen molar-refractivity contribution in [2.24, 2.45) is 0 Å². The molecule has 0 bridgehead atoms. The number of rotatable bonds is 5. The third kappa shape index (κ3) is 3.81. The van der Waals surface area contributed by atoms with E-state index in [1.807, 2.05) is 0 Å². The molecular formula is C16H17FN4O2. The number of benzene rings is 1. The van der Waals surface area contributed by atoms with Crippen LogP contribution in [0.25, 0.3) is 6.08 Å². The summed E-state index contributed by atoms with van der Waals surface area (Å²) in [5, 5.41) is 9.48. The Hall–Kier alpha value is -2.54. The average molecular weight is 316 g/mol. The molecule has 0 unspecified atom stereocenters. The van der Waals surface area contributed by atoms with Crippen LogP contribution in [0.3, 0.4) is 0 Å². The minimum atomic E-state index is -0.308. The second kappa shape index (κ2) is 7.15. The third-order valence-corrected chi connectivity index (χ3v) is 3.65. The van der Waals surface area contributed by atoms with Crippen molar-refractivity contribution in [1.82, 2.24) is 20.5 Å². The molecule has 1 fully saturated rings. The molecule has 2 N–H and O–H groups in total. The number of aromatic amines is 1. The van der Waals surface area contributed by atoms with Crippen molar-refractivity contribution in [3.8, 4) is 0 Å². The molecule has 0 radical (unpaired) electrons. The normalized spacial score (nSPS) is 20.9. The molecular weight excluding hydrogens is 299 g/mol. The van der Waals surface area contributed by atoms with Crippen molar-refractivity contribution in [1.29, 1.82) is 0 Å². The van der Waals surface area contributed by atoms with Crippen LogP contribution in [0.1, 0.15) is 30.3 Å². The lowest BCUT2D eigenvalue weighted by atomic mass is 10.1. The highest BCUT2D eigenvalue weighted by Gasteiger charge is 2.32. The van der Waals surface area contributed by atoms with Crippen LogP contribution in [0, 0.1) is 5.82 Å². The van der Waals surface area contributed by atoms with Gasteiger partial charge >= 0.3 is 0 Å². The van der Waals surface area contributed by atoms with E-state index in [9.17, 15) is 9.18 Å². The van der Waals surface area contributed by atoms with E-state index in [4.69, 9.17) is 4.74 Å². The van der Waals surface area contributed by atoms with E-state index < -0.39 is 0 Å². The summed E-state index contributed by atoms with van der Waals surface area (Å²) >= 11 is 0. The van der Waals surface area contributed by atoms with Gasteiger partial charge in [-0.3, -0.25) is 9.89 Å². The van der Waals surface area contributed by atoms with Crippen molar-refractivity contribution in [3.05, 3.63) is 53.9 Å². The molecule has 2 aromatic rings. The fraction of sp³-hybridized carbons (Fsp3) is 0.312. The quantitative estimate of drug-likeness (QED) is 0.884. The van der Waals surface area contributed by atoms with Crippen molar-refractivity contribution in [2.45, 2.75) is 25.0 Å². The summed E-state index contributed by atoms with van der Waals surface area (Å²) in [6.07, 6.45) is 5.24. The van der Waals surface area contributed by atoms with Gasteiger partial charge in [-0.05, 0) is 12.5 Å². The van der Waals surface area contributed by atoms with Crippen molar-refractivity contribution < 1.29 is 13.9 Å². The van der Waals surface area contributed by atoms with Crippen LogP contribution < -0.4 is 5.32 Å². The van der Waals surface area contributed by atoms with Gasteiger partial charge in [-0.15, -0.1) is 0 Å². The first kappa shape index (κ1) is 15.4. The molecule has 2 atom stereocenters. The molecule has 6 nitrogen and oxygen atoms in total. The number of halogens is 1. The number of nitrogens with zero attached hydrogens (tertiary/aromatic N) is 2. The maximum absolute atomic E-state index is 13.5. The molecule has 0 aliphatic carbocycles. The van der Waals surface area contributed by atoms with E-state index in [1.165, 1.54) is 12.4 Å². The zero-order valence-electron chi connectivity index (χ0n) is 12.4. The summed E-state index contributed by atoms with van der Waals surface area (Å²) < 4.78 is 19.0. The molecule has 1 amide bonds. The van der Waals surface area contributed by atoms with E-state index in [0.29, 0.717) is 24.4 Å². The fourth-order valence-electron chi connectivity index (χ4n) is 2.53. The number of hydrogen-bond donors (Lipinski definition) is 2. The SMILES string of the molecule is O=C(C/C=C/c1ccccc1F)N[C@H]1CCO[C@H]1c1ncn[nH]1. The summed E-state index contributed by atoms with van der Waals surface area (Å²) in [6, 6.07) is 6.29. The average Bonchev–Trinajstić information content (AvgIpc) is 3.20. The number of carbonyl (C=O) groups excluding carboxylic acids is 1. The Kier molecular flexibility index (Phi) is 4.77. The molecule has 1 aliphatic heterocycles. The first-order valence-corrected chi connectivity index (χ1v) is 7.41. The molecule has 1 aliphatic rings. The highest BCUT2D eigenvalue weighted by Crippen LogP contribution is 2.26. The summed E-state index contributed by atoms with van der Waals surface area (Å²) in [5.74, 6) is 0.158. The maximum atomic E-state index is 13.5. The van der Waals surface area contributed by atoms with E-state index in [0.717, 1.165) is 0 Å². The summed E-state index contributed by atoms with van der Waals surface area (Å²) in [4.78, 5) is 16.1. The van der Waals surface area contributed by atoms with Crippen molar-refractivity contribution >= 4 is 12.0 Å². The Balaban J connectivity index is 1.54. The lowest BCUT2D eigenvalue weighted by molar-refractivity contribution is -0.121. The number of hydrogen-bond acceptors (Lipinski definition) is 4. The van der Waals surface area contributed by atoms with Crippen molar-refractivity contribution in [2.75, 3.05) is 6.61 Å². The maximum Gasteiger partial charge on any atom is 0.224 e. The lowest BCUT2D eigenvalue weighted by Gasteiger charge is -2.17. The van der Waals surface area contributed by atoms with Crippen LogP contribution in [0.15, 0.2) is 36.7 Å². The Labute approximate surface area is 132 Å². The van der Waals surface area contributed by atoms with E-state index in [1.54, 1.807) is 30.4 Å². The zero-order valence-corrected chi connectivity index (χ0v) is 12.4. The van der Waals surface area contributed by atoms with Crippen LogP contribution >= 0.6 is 0 Å². The Morgan fingerprint density at radius 3 is 3.13 bits per heavy atom. The van der Waals surface area contributed by atoms with Gasteiger partial charge in [0, 0.05) is 18.6 Å². The Morgan fingerprint density at radius 2 is 2.35 bits per heavy atom. The Morgan fingerprint density at radius 1 is 1.48 bits per heavy atom. The van der Waals surface area contributed by atoms with Crippen LogP contribution in [0.5, 0.6) is 0 Å². The minimum Gasteiger partial charge on any atom is -0.368 e. The highest BCUT2D eigenvalue weighted by molar-refractivity contribution is 5.78. The first-order chi connectivity index (χ1) is 11.2. The van der Waals surface area contributed by atoms with Gasteiger partial charge in [0.1, 0.15) is 18.2 Å². The molecule has 3 rings (SSSR count). The minimum absolute atomic E-state index is 0.141. The molecule has 0 spiro atoms. The van der Waals surface area contributed by atoms with Gasteiger partial charge in [-0.1, -0.05) is 30.4 Å². The molecule has 7 heteroatoms. The number of nitrogens with one attached hydrogen (secondary N) is 2. The zero-order chi connectivity index (χ0) is 16.1. The third-order valence-electron chi connectivity index (χ3n) is 3.65. The van der Waals surface area contributed by atoms with Crippen LogP contribution in [0.4, 0.5) is 4.39 Å². The van der Waals surface area contributed by atoms with Crippen molar-refractivity contribution in [3.63, 3.8) is 0 Å². The van der Waals surface area contributed by atoms with Gasteiger partial charge in [0.2, 0.25) is 5.91 Å². The predicted octanol–water partition coefficient (Wildman–Crippen LogP) is 1.99. The Bertz CT molecular complexity index is 687. The molecule has 2 heterocycles. The number of H-pyrrole nitrogens is 1. The van der Waals surface area contributed by atoms with Crippen LogP contribution in [-0.2, 0) is 9.53 Å². The summed E-state index contributed by atoms with van der Waals surface area (Å²) in [5.41, 5.74) is 0.462. The summed E-state index contributed by atoms with van der Waals surface area (Å²) in [7, 11) is 0. The molecule has 1 aromatic heterocycles. The van der Waals surface area contributed by atoms with Gasteiger partial charge < -0.3 is 10.1 Å². The monoisotopic (exact) mass is 316 g/mol. The molecule has 23 heavy (non-hydrogen) atoms. The summed E-state index contributed by atoms with van der Waals surface area (Å²) in [6.45, 7) is 0.557. The molecule has 1 saturated heterocycles. The largest absolute Gasteiger partial charge is 0.368 e. The predicted molar refractivity (Wildman–Crippen MR) is 81.7 cm³/mol. The standard InChI is InChI=1S/C16H17FN4O2/c17-12-6-2-1-4-11(12)5-3-7-14(22)20-13-8-9-23-15(13)16-18-10-19-21-16/h1-6,10,13,15H,7-9H2,(H,20,22)(H,18,19,21)/b5-3+/t13-,15+/m0/s1. The smallest absolute Gasteiger partial charge is 0.224 e. The number of amides is 1. The van der Waals surface area contributed by atoms with E-state index in [-0.39, 0.29) is 30.3 Å². The van der Waals surface area contributed by atoms with Gasteiger partial charge in [0.05, 0.1) is 6.04 Å². The first-order valence-electron chi connectivity index (χ1n) is 7.41. The molecule has 0 saturated carbocycles. The van der Waals surface area contributed by atoms with Crippen LogP contribution in [0.2, 0.25) is 0 Å². The topological polar surface area (TPSA) is 79.9 Å². The highest BCUT2D eigenvalue weighted by atomic mass is 19.1. The van der Waals surface area contributed by atoms with Gasteiger partial charge in [0.15, 0.2) is 5.82 Å². The number of carbonyl (C=O) groups is 1. The van der Waals surface area contributed by atoms with E-state index >= 15 is 0 Å².